The van der Waals surface area contributed by atoms with E-state index in [0.29, 0.717) is 18.0 Å². The molecule has 7 heteroatoms. The second kappa shape index (κ2) is 6.19. The molecule has 1 heterocycles. The fourth-order valence-corrected chi connectivity index (χ4v) is 1.55. The largest absolute Gasteiger partial charge is 0.401 e. The molecule has 1 aromatic heterocycles. The van der Waals surface area contributed by atoms with Gasteiger partial charge in [0.05, 0.1) is 18.8 Å². The smallest absolute Gasteiger partial charge is 0.360 e. The second-order valence-electron chi connectivity index (χ2n) is 4.43. The van der Waals surface area contributed by atoms with Crippen molar-refractivity contribution in [2.45, 2.75) is 39.2 Å². The summed E-state index contributed by atoms with van der Waals surface area (Å²) in [5.74, 6) is 0.443. The molecule has 0 aliphatic carbocycles. The van der Waals surface area contributed by atoms with Crippen LogP contribution in [0.5, 0.6) is 0 Å². The zero-order valence-corrected chi connectivity index (χ0v) is 10.7. The minimum atomic E-state index is -4.21. The van der Waals surface area contributed by atoms with Crippen molar-refractivity contribution in [3.63, 3.8) is 0 Å². The average molecular weight is 265 g/mol. The SMILES string of the molecule is CNCc1cc(CN(CC(F)(F)F)C(C)C)on1. The Bertz CT molecular complexity index is 363. The highest BCUT2D eigenvalue weighted by Gasteiger charge is 2.32. The van der Waals surface area contributed by atoms with E-state index >= 15 is 0 Å². The molecule has 4 nitrogen and oxygen atoms in total. The van der Waals surface area contributed by atoms with Crippen molar-refractivity contribution in [2.24, 2.45) is 0 Å². The number of aromatic nitrogens is 1. The molecule has 0 aliphatic rings. The van der Waals surface area contributed by atoms with Gasteiger partial charge in [-0.3, -0.25) is 4.90 Å². The van der Waals surface area contributed by atoms with Gasteiger partial charge in [-0.2, -0.15) is 13.2 Å². The third kappa shape index (κ3) is 5.05. The topological polar surface area (TPSA) is 41.3 Å². The van der Waals surface area contributed by atoms with E-state index in [1.165, 1.54) is 4.90 Å². The number of nitrogens with zero attached hydrogens (tertiary/aromatic N) is 2. The van der Waals surface area contributed by atoms with Crippen LogP contribution in [0.1, 0.15) is 25.3 Å². The molecule has 0 aliphatic heterocycles. The molecule has 1 aromatic rings. The summed E-state index contributed by atoms with van der Waals surface area (Å²) in [5, 5.41) is 6.66. The molecule has 0 saturated heterocycles. The van der Waals surface area contributed by atoms with Gasteiger partial charge in [-0.25, -0.2) is 0 Å². The molecule has 1 N–H and O–H groups in total. The Labute approximate surface area is 104 Å². The number of alkyl halides is 3. The van der Waals surface area contributed by atoms with Crippen molar-refractivity contribution in [1.82, 2.24) is 15.4 Å². The van der Waals surface area contributed by atoms with E-state index in [9.17, 15) is 13.2 Å². The van der Waals surface area contributed by atoms with E-state index in [2.05, 4.69) is 10.5 Å². The first-order valence-corrected chi connectivity index (χ1v) is 5.71. The fourth-order valence-electron chi connectivity index (χ4n) is 1.55. The summed E-state index contributed by atoms with van der Waals surface area (Å²) in [4.78, 5) is 1.30. The van der Waals surface area contributed by atoms with Crippen molar-refractivity contribution in [3.05, 3.63) is 17.5 Å². The van der Waals surface area contributed by atoms with Gasteiger partial charge < -0.3 is 9.84 Å². The highest BCUT2D eigenvalue weighted by Crippen LogP contribution is 2.20. The molecule has 0 unspecified atom stereocenters. The van der Waals surface area contributed by atoms with Gasteiger partial charge in [-0.05, 0) is 20.9 Å². The minimum absolute atomic E-state index is 0.105. The van der Waals surface area contributed by atoms with Crippen LogP contribution in [0.2, 0.25) is 0 Å². The van der Waals surface area contributed by atoms with Crippen LogP contribution in [0.15, 0.2) is 10.6 Å². The average Bonchev–Trinajstić information content (AvgIpc) is 2.63. The Morgan fingerprint density at radius 2 is 2.11 bits per heavy atom. The number of rotatable bonds is 6. The molecule has 0 amide bonds. The van der Waals surface area contributed by atoms with Crippen LogP contribution in [0.3, 0.4) is 0 Å². The van der Waals surface area contributed by atoms with Crippen molar-refractivity contribution in [3.8, 4) is 0 Å². The number of halogens is 3. The van der Waals surface area contributed by atoms with E-state index in [4.69, 9.17) is 4.52 Å². The predicted molar refractivity (Wildman–Crippen MR) is 60.9 cm³/mol. The summed E-state index contributed by atoms with van der Waals surface area (Å²) < 4.78 is 42.2. The van der Waals surface area contributed by atoms with Crippen LogP contribution < -0.4 is 5.32 Å². The molecule has 0 spiro atoms. The zero-order chi connectivity index (χ0) is 13.8. The van der Waals surface area contributed by atoms with E-state index in [-0.39, 0.29) is 12.6 Å². The van der Waals surface area contributed by atoms with E-state index in [0.717, 1.165) is 0 Å². The maximum Gasteiger partial charge on any atom is 0.401 e. The first-order chi connectivity index (χ1) is 8.31. The lowest BCUT2D eigenvalue weighted by molar-refractivity contribution is -0.151. The molecule has 1 rings (SSSR count). The first-order valence-electron chi connectivity index (χ1n) is 5.71. The van der Waals surface area contributed by atoms with Crippen LogP contribution >= 0.6 is 0 Å². The molecule has 104 valence electrons. The zero-order valence-electron chi connectivity index (χ0n) is 10.7. The summed E-state index contributed by atoms with van der Waals surface area (Å²) >= 11 is 0. The van der Waals surface area contributed by atoms with Crippen LogP contribution in [0.4, 0.5) is 13.2 Å². The van der Waals surface area contributed by atoms with Gasteiger partial charge in [-0.15, -0.1) is 0 Å². The third-order valence-electron chi connectivity index (χ3n) is 2.44. The van der Waals surface area contributed by atoms with Crippen molar-refractivity contribution in [1.29, 1.82) is 0 Å². The third-order valence-corrected chi connectivity index (χ3v) is 2.44. The maximum absolute atomic E-state index is 12.4. The Morgan fingerprint density at radius 1 is 1.44 bits per heavy atom. The lowest BCUT2D eigenvalue weighted by Crippen LogP contribution is -2.38. The monoisotopic (exact) mass is 265 g/mol. The van der Waals surface area contributed by atoms with Crippen LogP contribution in [0.25, 0.3) is 0 Å². The summed E-state index contributed by atoms with van der Waals surface area (Å²) in [6.45, 7) is 3.12. The molecule has 0 bridgehead atoms. The van der Waals surface area contributed by atoms with Gasteiger partial charge in [0.1, 0.15) is 0 Å². The molecule has 0 radical (unpaired) electrons. The van der Waals surface area contributed by atoms with Gasteiger partial charge in [0.2, 0.25) is 0 Å². The van der Waals surface area contributed by atoms with Crippen LogP contribution in [-0.4, -0.2) is 35.9 Å². The quantitative estimate of drug-likeness (QED) is 0.856. The standard InChI is InChI=1S/C11H18F3N3O/c1-8(2)17(7-11(12,13)14)6-10-4-9(5-15-3)16-18-10/h4,8,15H,5-7H2,1-3H3. The Kier molecular flexibility index (Phi) is 5.15. The normalized spacial score (nSPS) is 12.7. The second-order valence-corrected chi connectivity index (χ2v) is 4.43. The van der Waals surface area contributed by atoms with Gasteiger partial charge in [0, 0.05) is 18.7 Å². The molecule has 18 heavy (non-hydrogen) atoms. The number of hydrogen-bond acceptors (Lipinski definition) is 4. The lowest BCUT2D eigenvalue weighted by Gasteiger charge is -2.26. The highest BCUT2D eigenvalue weighted by molar-refractivity contribution is 5.05. The summed E-state index contributed by atoms with van der Waals surface area (Å²) in [6, 6.07) is 1.45. The molecule has 0 atom stereocenters. The Morgan fingerprint density at radius 3 is 2.61 bits per heavy atom. The van der Waals surface area contributed by atoms with Crippen molar-refractivity contribution < 1.29 is 17.7 Å². The molecule has 0 fully saturated rings. The van der Waals surface area contributed by atoms with Gasteiger partial charge in [0.15, 0.2) is 5.76 Å². The van der Waals surface area contributed by atoms with Crippen molar-refractivity contribution in [2.75, 3.05) is 13.6 Å². The van der Waals surface area contributed by atoms with E-state index in [1.54, 1.807) is 27.0 Å². The maximum atomic E-state index is 12.4. The van der Waals surface area contributed by atoms with Gasteiger partial charge in [-0.1, -0.05) is 5.16 Å². The van der Waals surface area contributed by atoms with Crippen LogP contribution in [-0.2, 0) is 13.1 Å². The molecule has 0 saturated carbocycles. The van der Waals surface area contributed by atoms with E-state index in [1.807, 2.05) is 0 Å². The highest BCUT2D eigenvalue weighted by atomic mass is 19.4. The summed E-state index contributed by atoms with van der Waals surface area (Å²) in [5.41, 5.74) is 0.684. The minimum Gasteiger partial charge on any atom is -0.360 e. The van der Waals surface area contributed by atoms with Gasteiger partial charge in [0.25, 0.3) is 0 Å². The predicted octanol–water partition coefficient (Wildman–Crippen LogP) is 2.17. The molecular weight excluding hydrogens is 247 g/mol. The summed E-state index contributed by atoms with van der Waals surface area (Å²) in [7, 11) is 1.76. The Hall–Kier alpha value is -1.08. The van der Waals surface area contributed by atoms with Crippen molar-refractivity contribution >= 4 is 0 Å². The number of hydrogen-bond donors (Lipinski definition) is 1. The van der Waals surface area contributed by atoms with Crippen LogP contribution in [0, 0.1) is 0 Å². The first kappa shape index (κ1) is 15.0. The van der Waals surface area contributed by atoms with E-state index < -0.39 is 12.7 Å². The summed E-state index contributed by atoms with van der Waals surface area (Å²) in [6.07, 6.45) is -4.21. The Balaban J connectivity index is 2.65. The molecular formula is C11H18F3N3O. The molecule has 0 aromatic carbocycles. The number of nitrogens with one attached hydrogen (secondary N) is 1. The van der Waals surface area contributed by atoms with Gasteiger partial charge >= 0.3 is 6.18 Å². The lowest BCUT2D eigenvalue weighted by atomic mass is 10.2. The fraction of sp³-hybridized carbons (Fsp3) is 0.727.